The molecule has 0 amide bonds. The van der Waals surface area contributed by atoms with Crippen LogP contribution in [0, 0.1) is 0 Å². The van der Waals surface area contributed by atoms with Gasteiger partial charge >= 0.3 is 5.97 Å². The third-order valence-corrected chi connectivity index (χ3v) is 3.32. The number of likely N-dealkylation sites (tertiary alicyclic amines) is 1. The van der Waals surface area contributed by atoms with Gasteiger partial charge in [0, 0.05) is 12.6 Å². The van der Waals surface area contributed by atoms with Crippen LogP contribution in [0.15, 0.2) is 0 Å². The number of carbonyl (C=O) groups excluding carboxylic acids is 1. The maximum Gasteiger partial charge on any atom is 0.327 e. The Bertz CT molecular complexity index is 249. The molecule has 0 bridgehead atoms. The molecule has 0 aromatic rings. The molecule has 1 aliphatic carbocycles. The fourth-order valence-electron chi connectivity index (χ4n) is 2.43. The topological polar surface area (TPSA) is 41.6 Å². The predicted octanol–water partition coefficient (Wildman–Crippen LogP) is 0.376. The van der Waals surface area contributed by atoms with Crippen molar-refractivity contribution in [1.29, 1.82) is 0 Å². The first-order valence-corrected chi connectivity index (χ1v) is 5.71. The van der Waals surface area contributed by atoms with E-state index in [4.69, 9.17) is 4.74 Å². The maximum absolute atomic E-state index is 11.9. The first-order valence-electron chi connectivity index (χ1n) is 5.71. The number of carbonyl (C=O) groups is 1. The van der Waals surface area contributed by atoms with Crippen molar-refractivity contribution in [2.75, 3.05) is 27.2 Å². The summed E-state index contributed by atoms with van der Waals surface area (Å²) in [5.41, 5.74) is -0.442. The molecule has 4 nitrogen and oxygen atoms in total. The first-order chi connectivity index (χ1) is 7.16. The molecule has 2 fully saturated rings. The molecule has 1 unspecified atom stereocenters. The summed E-state index contributed by atoms with van der Waals surface area (Å²) in [6.45, 7) is 1.85. The van der Waals surface area contributed by atoms with Crippen molar-refractivity contribution in [2.24, 2.45) is 0 Å². The maximum atomic E-state index is 11.9. The van der Waals surface area contributed by atoms with Gasteiger partial charge in [-0.25, -0.2) is 0 Å². The second-order valence-electron chi connectivity index (χ2n) is 4.83. The summed E-state index contributed by atoms with van der Waals surface area (Å²) >= 11 is 0. The van der Waals surface area contributed by atoms with E-state index in [1.165, 1.54) is 20.0 Å². The van der Waals surface area contributed by atoms with E-state index in [1.807, 2.05) is 0 Å². The Hall–Kier alpha value is -0.610. The molecule has 0 radical (unpaired) electrons. The highest BCUT2D eigenvalue weighted by atomic mass is 16.5. The van der Waals surface area contributed by atoms with Gasteiger partial charge in [0.25, 0.3) is 0 Å². The van der Waals surface area contributed by atoms with Crippen LogP contribution in [-0.2, 0) is 9.53 Å². The van der Waals surface area contributed by atoms with Crippen LogP contribution in [0.1, 0.15) is 25.7 Å². The lowest BCUT2D eigenvalue weighted by atomic mass is 9.89. The van der Waals surface area contributed by atoms with Gasteiger partial charge in [-0.2, -0.15) is 0 Å². The number of ether oxygens (including phenoxy) is 1. The Labute approximate surface area is 91.0 Å². The van der Waals surface area contributed by atoms with Crippen LogP contribution in [0.3, 0.4) is 0 Å². The van der Waals surface area contributed by atoms with Crippen LogP contribution in [0.2, 0.25) is 0 Å². The summed E-state index contributed by atoms with van der Waals surface area (Å²) in [5.74, 6) is -0.0963. The molecule has 1 saturated carbocycles. The minimum Gasteiger partial charge on any atom is -0.468 e. The van der Waals surface area contributed by atoms with Gasteiger partial charge in [-0.1, -0.05) is 0 Å². The van der Waals surface area contributed by atoms with Gasteiger partial charge in [-0.15, -0.1) is 0 Å². The van der Waals surface area contributed by atoms with Crippen molar-refractivity contribution < 1.29 is 9.53 Å². The van der Waals surface area contributed by atoms with Gasteiger partial charge in [-0.3, -0.25) is 10.1 Å². The summed E-state index contributed by atoms with van der Waals surface area (Å²) in [4.78, 5) is 14.1. The summed E-state index contributed by atoms with van der Waals surface area (Å²) in [7, 11) is 3.54. The minimum absolute atomic E-state index is 0.0963. The van der Waals surface area contributed by atoms with E-state index < -0.39 is 5.54 Å². The molecule has 2 rings (SSSR count). The third-order valence-electron chi connectivity index (χ3n) is 3.32. The van der Waals surface area contributed by atoms with Gasteiger partial charge in [0.1, 0.15) is 5.54 Å². The second-order valence-corrected chi connectivity index (χ2v) is 4.83. The molecule has 2 aliphatic rings. The predicted molar refractivity (Wildman–Crippen MR) is 57.6 cm³/mol. The van der Waals surface area contributed by atoms with Crippen LogP contribution in [-0.4, -0.2) is 49.7 Å². The van der Waals surface area contributed by atoms with E-state index in [-0.39, 0.29) is 5.97 Å². The van der Waals surface area contributed by atoms with Crippen molar-refractivity contribution in [3.63, 3.8) is 0 Å². The third kappa shape index (κ3) is 2.32. The monoisotopic (exact) mass is 212 g/mol. The second kappa shape index (κ2) is 4.10. The molecule has 1 aliphatic heterocycles. The zero-order valence-electron chi connectivity index (χ0n) is 9.58. The molecular weight excluding hydrogens is 192 g/mol. The molecule has 0 aromatic heterocycles. The lowest BCUT2D eigenvalue weighted by Crippen LogP contribution is -2.62. The van der Waals surface area contributed by atoms with Crippen molar-refractivity contribution in [1.82, 2.24) is 10.2 Å². The van der Waals surface area contributed by atoms with Crippen molar-refractivity contribution in [3.8, 4) is 0 Å². The fraction of sp³-hybridized carbons (Fsp3) is 0.909. The highest BCUT2D eigenvalue weighted by Crippen LogP contribution is 2.28. The van der Waals surface area contributed by atoms with Crippen LogP contribution >= 0.6 is 0 Å². The van der Waals surface area contributed by atoms with Gasteiger partial charge in [-0.05, 0) is 39.3 Å². The van der Waals surface area contributed by atoms with Crippen LogP contribution in [0.5, 0.6) is 0 Å². The molecule has 1 saturated heterocycles. The standard InChI is InChI=1S/C11H20N2O2/c1-13-7-3-6-11(8-13,10(14)15-2)12-9-4-5-9/h9,12H,3-8H2,1-2H3. The van der Waals surface area contributed by atoms with E-state index in [2.05, 4.69) is 17.3 Å². The smallest absolute Gasteiger partial charge is 0.327 e. The van der Waals surface area contributed by atoms with Gasteiger partial charge in [0.15, 0.2) is 0 Å². The molecule has 15 heavy (non-hydrogen) atoms. The van der Waals surface area contributed by atoms with Crippen LogP contribution < -0.4 is 5.32 Å². The van der Waals surface area contributed by atoms with Crippen LogP contribution in [0.4, 0.5) is 0 Å². The molecule has 0 spiro atoms. The quantitative estimate of drug-likeness (QED) is 0.687. The van der Waals surface area contributed by atoms with Gasteiger partial charge in [0.05, 0.1) is 7.11 Å². The van der Waals surface area contributed by atoms with E-state index in [0.29, 0.717) is 6.04 Å². The largest absolute Gasteiger partial charge is 0.468 e. The average Bonchev–Trinajstić information content (AvgIpc) is 3.00. The number of nitrogens with one attached hydrogen (secondary N) is 1. The fourth-order valence-corrected chi connectivity index (χ4v) is 2.43. The van der Waals surface area contributed by atoms with Crippen molar-refractivity contribution >= 4 is 5.97 Å². The van der Waals surface area contributed by atoms with Crippen molar-refractivity contribution in [3.05, 3.63) is 0 Å². The number of hydrogen-bond donors (Lipinski definition) is 1. The first kappa shape index (κ1) is 10.9. The highest BCUT2D eigenvalue weighted by Gasteiger charge is 2.45. The molecule has 1 N–H and O–H groups in total. The minimum atomic E-state index is -0.442. The van der Waals surface area contributed by atoms with Gasteiger partial charge in [0.2, 0.25) is 0 Å². The molecular formula is C11H20N2O2. The number of methoxy groups -OCH3 is 1. The van der Waals surface area contributed by atoms with Gasteiger partial charge < -0.3 is 9.64 Å². The van der Waals surface area contributed by atoms with Crippen LogP contribution in [0.25, 0.3) is 0 Å². The zero-order valence-corrected chi connectivity index (χ0v) is 9.58. The Morgan fingerprint density at radius 3 is 2.80 bits per heavy atom. The SMILES string of the molecule is COC(=O)C1(NC2CC2)CCCN(C)C1. The number of piperidine rings is 1. The lowest BCUT2D eigenvalue weighted by Gasteiger charge is -2.39. The molecule has 4 heteroatoms. The summed E-state index contributed by atoms with van der Waals surface area (Å²) < 4.78 is 4.94. The highest BCUT2D eigenvalue weighted by molar-refractivity contribution is 5.81. The Morgan fingerprint density at radius 1 is 1.53 bits per heavy atom. The van der Waals surface area contributed by atoms with E-state index >= 15 is 0 Å². The van der Waals surface area contributed by atoms with Crippen molar-refractivity contribution in [2.45, 2.75) is 37.3 Å². The summed E-state index contributed by atoms with van der Waals surface area (Å²) in [6, 6.07) is 0.538. The number of hydrogen-bond acceptors (Lipinski definition) is 4. The number of likely N-dealkylation sites (N-methyl/N-ethyl adjacent to an activating group) is 1. The number of rotatable bonds is 3. The molecule has 1 atom stereocenters. The lowest BCUT2D eigenvalue weighted by molar-refractivity contribution is -0.151. The number of nitrogens with zero attached hydrogens (tertiary/aromatic N) is 1. The Morgan fingerprint density at radius 2 is 2.27 bits per heavy atom. The normalized spacial score (nSPS) is 32.7. The average molecular weight is 212 g/mol. The molecule has 0 aromatic carbocycles. The van der Waals surface area contributed by atoms with E-state index in [1.54, 1.807) is 0 Å². The summed E-state index contributed by atoms with van der Waals surface area (Å²) in [6.07, 6.45) is 4.36. The number of esters is 1. The van der Waals surface area contributed by atoms with E-state index in [0.717, 1.165) is 25.9 Å². The van der Waals surface area contributed by atoms with E-state index in [9.17, 15) is 4.79 Å². The molecule has 1 heterocycles. The summed E-state index contributed by atoms with van der Waals surface area (Å²) in [5, 5.41) is 3.47. The Kier molecular flexibility index (Phi) is 2.98. The zero-order chi connectivity index (χ0) is 10.9. The molecule has 86 valence electrons. The Balaban J connectivity index is 2.08.